The summed E-state index contributed by atoms with van der Waals surface area (Å²) < 4.78 is 5.25. The number of carbonyl (C=O) groups excluding carboxylic acids is 1. The number of carbonyl (C=O) groups is 1. The highest BCUT2D eigenvalue weighted by molar-refractivity contribution is 7.80. The van der Waals surface area contributed by atoms with Crippen LogP contribution in [0.15, 0.2) is 42.5 Å². The number of benzene rings is 2. The molecule has 0 aliphatic carbocycles. The average Bonchev–Trinajstić information content (AvgIpc) is 3.11. The molecule has 148 valence electrons. The van der Waals surface area contributed by atoms with Gasteiger partial charge in [-0.1, -0.05) is 12.1 Å². The SMILES string of the molecule is COc1cccc(CCCNC(=S)Nc2ccc(N3CCCC3=O)c(C)c2)c1. The first-order chi connectivity index (χ1) is 13.6. The van der Waals surface area contributed by atoms with E-state index in [0.717, 1.165) is 55.0 Å². The van der Waals surface area contributed by atoms with Crippen molar-refractivity contribution >= 4 is 34.6 Å². The van der Waals surface area contributed by atoms with Crippen LogP contribution in [0.1, 0.15) is 30.4 Å². The van der Waals surface area contributed by atoms with E-state index in [4.69, 9.17) is 17.0 Å². The molecule has 2 aromatic rings. The predicted octanol–water partition coefficient (Wildman–Crippen LogP) is 4.05. The fourth-order valence-corrected chi connectivity index (χ4v) is 3.66. The van der Waals surface area contributed by atoms with Crippen molar-refractivity contribution in [2.24, 2.45) is 0 Å². The molecule has 1 fully saturated rings. The Bertz CT molecular complexity index is 853. The van der Waals surface area contributed by atoms with Gasteiger partial charge in [-0.15, -0.1) is 0 Å². The van der Waals surface area contributed by atoms with E-state index in [1.54, 1.807) is 7.11 Å². The Labute approximate surface area is 172 Å². The molecule has 0 radical (unpaired) electrons. The van der Waals surface area contributed by atoms with Crippen molar-refractivity contribution in [3.63, 3.8) is 0 Å². The summed E-state index contributed by atoms with van der Waals surface area (Å²) in [6, 6.07) is 14.1. The molecule has 6 heteroatoms. The Hall–Kier alpha value is -2.60. The van der Waals surface area contributed by atoms with E-state index in [-0.39, 0.29) is 5.91 Å². The fraction of sp³-hybridized carbons (Fsp3) is 0.364. The van der Waals surface area contributed by atoms with Gasteiger partial charge in [-0.3, -0.25) is 4.79 Å². The Balaban J connectivity index is 1.45. The van der Waals surface area contributed by atoms with Crippen molar-refractivity contribution < 1.29 is 9.53 Å². The van der Waals surface area contributed by atoms with Crippen molar-refractivity contribution in [1.82, 2.24) is 5.32 Å². The lowest BCUT2D eigenvalue weighted by Gasteiger charge is -2.19. The zero-order valence-electron chi connectivity index (χ0n) is 16.5. The Morgan fingerprint density at radius 2 is 2.11 bits per heavy atom. The molecule has 1 saturated heterocycles. The molecule has 0 atom stereocenters. The molecule has 2 aromatic carbocycles. The maximum atomic E-state index is 11.9. The first-order valence-corrected chi connectivity index (χ1v) is 10.1. The highest BCUT2D eigenvalue weighted by Gasteiger charge is 2.22. The normalized spacial score (nSPS) is 13.5. The number of hydrogen-bond acceptors (Lipinski definition) is 3. The van der Waals surface area contributed by atoms with Crippen LogP contribution in [0, 0.1) is 6.92 Å². The largest absolute Gasteiger partial charge is 0.497 e. The van der Waals surface area contributed by atoms with E-state index in [0.29, 0.717) is 11.5 Å². The van der Waals surface area contributed by atoms with Gasteiger partial charge in [0.2, 0.25) is 5.91 Å². The van der Waals surface area contributed by atoms with Gasteiger partial charge < -0.3 is 20.3 Å². The molecule has 0 spiro atoms. The van der Waals surface area contributed by atoms with Crippen LogP contribution in [0.3, 0.4) is 0 Å². The van der Waals surface area contributed by atoms with Crippen LogP contribution in [0.4, 0.5) is 11.4 Å². The topological polar surface area (TPSA) is 53.6 Å². The third-order valence-corrected chi connectivity index (χ3v) is 5.13. The number of aryl methyl sites for hydroxylation is 2. The maximum Gasteiger partial charge on any atom is 0.227 e. The molecule has 28 heavy (non-hydrogen) atoms. The maximum absolute atomic E-state index is 11.9. The standard InChI is InChI=1S/C22H27N3O2S/c1-16-14-18(10-11-20(16)25-13-5-9-21(25)26)24-22(28)23-12-4-7-17-6-3-8-19(15-17)27-2/h3,6,8,10-11,14-15H,4-5,7,9,12-13H2,1-2H3,(H2,23,24,28). The second kappa shape index (κ2) is 9.55. The summed E-state index contributed by atoms with van der Waals surface area (Å²) >= 11 is 5.40. The molecule has 3 rings (SSSR count). The summed E-state index contributed by atoms with van der Waals surface area (Å²) in [5.74, 6) is 1.09. The lowest BCUT2D eigenvalue weighted by Crippen LogP contribution is -2.29. The number of methoxy groups -OCH3 is 1. The molecule has 1 heterocycles. The molecular weight excluding hydrogens is 370 g/mol. The number of anilines is 2. The van der Waals surface area contributed by atoms with Crippen LogP contribution in [-0.2, 0) is 11.2 Å². The molecule has 0 unspecified atom stereocenters. The first kappa shape index (κ1) is 20.1. The van der Waals surface area contributed by atoms with Crippen LogP contribution in [0.2, 0.25) is 0 Å². The average molecular weight is 398 g/mol. The number of nitrogens with one attached hydrogen (secondary N) is 2. The van der Waals surface area contributed by atoms with Gasteiger partial charge in [0.15, 0.2) is 5.11 Å². The van der Waals surface area contributed by atoms with Gasteiger partial charge in [-0.25, -0.2) is 0 Å². The zero-order chi connectivity index (χ0) is 19.9. The van der Waals surface area contributed by atoms with Crippen molar-refractivity contribution in [1.29, 1.82) is 0 Å². The third kappa shape index (κ3) is 5.23. The van der Waals surface area contributed by atoms with Crippen LogP contribution in [-0.4, -0.2) is 31.2 Å². The van der Waals surface area contributed by atoms with Crippen molar-refractivity contribution in [2.75, 3.05) is 30.4 Å². The van der Waals surface area contributed by atoms with Crippen molar-refractivity contribution in [3.05, 3.63) is 53.6 Å². The first-order valence-electron chi connectivity index (χ1n) is 9.65. The zero-order valence-corrected chi connectivity index (χ0v) is 17.3. The van der Waals surface area contributed by atoms with Gasteiger partial charge in [0.25, 0.3) is 0 Å². The number of hydrogen-bond donors (Lipinski definition) is 2. The van der Waals surface area contributed by atoms with Gasteiger partial charge in [0, 0.05) is 30.9 Å². The van der Waals surface area contributed by atoms with Gasteiger partial charge in [-0.05, 0) is 79.9 Å². The lowest BCUT2D eigenvalue weighted by molar-refractivity contribution is -0.117. The van der Waals surface area contributed by atoms with Crippen LogP contribution in [0.5, 0.6) is 5.75 Å². The Morgan fingerprint density at radius 1 is 1.25 bits per heavy atom. The molecule has 0 aromatic heterocycles. The number of amides is 1. The van der Waals surface area contributed by atoms with E-state index in [2.05, 4.69) is 22.8 Å². The van der Waals surface area contributed by atoms with Crippen molar-refractivity contribution in [3.8, 4) is 5.75 Å². The third-order valence-electron chi connectivity index (χ3n) is 4.88. The molecule has 1 amide bonds. The summed E-state index contributed by atoms with van der Waals surface area (Å²) in [5.41, 5.74) is 4.24. The summed E-state index contributed by atoms with van der Waals surface area (Å²) in [5, 5.41) is 7.08. The Morgan fingerprint density at radius 3 is 2.82 bits per heavy atom. The fourth-order valence-electron chi connectivity index (χ4n) is 3.44. The molecule has 2 N–H and O–H groups in total. The molecule has 0 saturated carbocycles. The minimum Gasteiger partial charge on any atom is -0.497 e. The Kier molecular flexibility index (Phi) is 6.87. The highest BCUT2D eigenvalue weighted by atomic mass is 32.1. The summed E-state index contributed by atoms with van der Waals surface area (Å²) in [7, 11) is 1.68. The second-order valence-electron chi connectivity index (χ2n) is 6.99. The molecule has 0 bridgehead atoms. The van der Waals surface area contributed by atoms with E-state index in [9.17, 15) is 4.79 Å². The quantitative estimate of drug-likeness (QED) is 0.545. The number of ether oxygens (including phenoxy) is 1. The summed E-state index contributed by atoms with van der Waals surface area (Å²) in [6.07, 6.45) is 3.51. The number of rotatable bonds is 7. The van der Waals surface area contributed by atoms with Crippen LogP contribution < -0.4 is 20.3 Å². The van der Waals surface area contributed by atoms with Crippen molar-refractivity contribution in [2.45, 2.75) is 32.6 Å². The van der Waals surface area contributed by atoms with E-state index < -0.39 is 0 Å². The molecule has 1 aliphatic rings. The van der Waals surface area contributed by atoms with E-state index in [1.807, 2.05) is 42.2 Å². The molecule has 5 nitrogen and oxygen atoms in total. The van der Waals surface area contributed by atoms with Crippen LogP contribution >= 0.6 is 12.2 Å². The van der Waals surface area contributed by atoms with Gasteiger partial charge in [-0.2, -0.15) is 0 Å². The smallest absolute Gasteiger partial charge is 0.227 e. The summed E-state index contributed by atoms with van der Waals surface area (Å²) in [6.45, 7) is 3.62. The molecule has 1 aliphatic heterocycles. The highest BCUT2D eigenvalue weighted by Crippen LogP contribution is 2.27. The van der Waals surface area contributed by atoms with Gasteiger partial charge >= 0.3 is 0 Å². The van der Waals surface area contributed by atoms with Gasteiger partial charge in [0.1, 0.15) is 5.75 Å². The number of thiocarbonyl (C=S) groups is 1. The summed E-state index contributed by atoms with van der Waals surface area (Å²) in [4.78, 5) is 13.8. The minimum atomic E-state index is 0.206. The molecular formula is C22H27N3O2S. The predicted molar refractivity (Wildman–Crippen MR) is 118 cm³/mol. The van der Waals surface area contributed by atoms with Crippen LogP contribution in [0.25, 0.3) is 0 Å². The monoisotopic (exact) mass is 397 g/mol. The second-order valence-corrected chi connectivity index (χ2v) is 7.39. The number of nitrogens with zero attached hydrogens (tertiary/aromatic N) is 1. The van der Waals surface area contributed by atoms with E-state index >= 15 is 0 Å². The van der Waals surface area contributed by atoms with E-state index in [1.165, 1.54) is 5.56 Å². The lowest BCUT2D eigenvalue weighted by atomic mass is 10.1. The minimum absolute atomic E-state index is 0.206. The van der Waals surface area contributed by atoms with Gasteiger partial charge in [0.05, 0.1) is 7.11 Å².